The molecule has 1 saturated heterocycles. The molecule has 0 aliphatic carbocycles. The van der Waals surface area contributed by atoms with Crippen molar-refractivity contribution in [3.8, 4) is 0 Å². The number of nitrogens with zero attached hydrogens (tertiary/aromatic N) is 3. The van der Waals surface area contributed by atoms with Gasteiger partial charge in [-0.05, 0) is 53.1 Å². The highest BCUT2D eigenvalue weighted by Crippen LogP contribution is 2.14. The van der Waals surface area contributed by atoms with E-state index in [0.717, 1.165) is 6.61 Å². The fourth-order valence-electron chi connectivity index (χ4n) is 2.77. The summed E-state index contributed by atoms with van der Waals surface area (Å²) in [6.07, 6.45) is 1.30. The first-order valence-electron chi connectivity index (χ1n) is 8.16. The molecule has 4 nitrogen and oxygen atoms in total. The van der Waals surface area contributed by atoms with E-state index in [1.165, 1.54) is 58.3 Å². The molecule has 120 valence electrons. The molecule has 0 aromatic rings. The predicted octanol–water partition coefficient (Wildman–Crippen LogP) is 1.80. The molecule has 0 unspecified atom stereocenters. The maximum absolute atomic E-state index is 5.90. The van der Waals surface area contributed by atoms with E-state index in [9.17, 15) is 0 Å². The van der Waals surface area contributed by atoms with Crippen molar-refractivity contribution in [2.45, 2.75) is 32.5 Å². The fourth-order valence-corrected chi connectivity index (χ4v) is 4.70. The van der Waals surface area contributed by atoms with E-state index in [2.05, 4.69) is 48.8 Å². The van der Waals surface area contributed by atoms with Crippen molar-refractivity contribution in [3.63, 3.8) is 0 Å². The second-order valence-electron chi connectivity index (χ2n) is 6.78. The lowest BCUT2D eigenvalue weighted by Crippen LogP contribution is -2.48. The van der Waals surface area contributed by atoms with E-state index in [0.29, 0.717) is 0 Å². The van der Waals surface area contributed by atoms with Crippen molar-refractivity contribution >= 4 is 8.32 Å². The van der Waals surface area contributed by atoms with Gasteiger partial charge in [0.2, 0.25) is 0 Å². The van der Waals surface area contributed by atoms with E-state index < -0.39 is 8.32 Å². The molecule has 0 bridgehead atoms. The molecular formula is C15H35N3OSi. The first-order valence-corrected chi connectivity index (χ1v) is 11.3. The van der Waals surface area contributed by atoms with Crippen LogP contribution in [0.2, 0.25) is 19.1 Å². The van der Waals surface area contributed by atoms with Crippen LogP contribution in [0.15, 0.2) is 0 Å². The normalized spacial score (nSPS) is 18.9. The van der Waals surface area contributed by atoms with Gasteiger partial charge in [-0.25, -0.2) is 0 Å². The van der Waals surface area contributed by atoms with Crippen molar-refractivity contribution in [2.75, 3.05) is 66.5 Å². The maximum Gasteiger partial charge on any atom is 0.186 e. The summed E-state index contributed by atoms with van der Waals surface area (Å²) < 4.78 is 5.90. The minimum atomic E-state index is -1.37. The Morgan fingerprint density at radius 2 is 1.55 bits per heavy atom. The number of likely N-dealkylation sites (N-methyl/N-ethyl adjacent to an activating group) is 1. The highest BCUT2D eigenvalue weighted by molar-refractivity contribution is 6.71. The first-order chi connectivity index (χ1) is 9.43. The Morgan fingerprint density at radius 3 is 2.05 bits per heavy atom. The summed E-state index contributed by atoms with van der Waals surface area (Å²) in [6.45, 7) is 16.3. The van der Waals surface area contributed by atoms with Crippen molar-refractivity contribution in [3.05, 3.63) is 0 Å². The Balaban J connectivity index is 2.10. The molecule has 0 N–H and O–H groups in total. The molecule has 0 amide bonds. The third-order valence-electron chi connectivity index (χ3n) is 4.12. The minimum Gasteiger partial charge on any atom is -0.418 e. The highest BCUT2D eigenvalue weighted by atomic mass is 28.4. The molecule has 1 aliphatic rings. The Morgan fingerprint density at radius 1 is 1.00 bits per heavy atom. The molecule has 5 heteroatoms. The molecule has 0 saturated carbocycles. The van der Waals surface area contributed by atoms with Crippen LogP contribution < -0.4 is 0 Å². The van der Waals surface area contributed by atoms with Crippen LogP contribution >= 0.6 is 0 Å². The van der Waals surface area contributed by atoms with Gasteiger partial charge in [0.1, 0.15) is 0 Å². The van der Waals surface area contributed by atoms with Gasteiger partial charge in [0, 0.05) is 45.9 Å². The van der Waals surface area contributed by atoms with E-state index in [-0.39, 0.29) is 0 Å². The lowest BCUT2D eigenvalue weighted by Gasteiger charge is -2.35. The first kappa shape index (κ1) is 18.1. The molecule has 0 spiro atoms. The second-order valence-corrected chi connectivity index (χ2v) is 11.1. The van der Waals surface area contributed by atoms with Gasteiger partial charge in [-0.15, -0.1) is 0 Å². The van der Waals surface area contributed by atoms with Crippen molar-refractivity contribution < 1.29 is 4.43 Å². The summed E-state index contributed by atoms with van der Waals surface area (Å²) in [7, 11) is 2.94. The molecule has 1 rings (SSSR count). The monoisotopic (exact) mass is 301 g/mol. The van der Waals surface area contributed by atoms with Crippen molar-refractivity contribution in [1.29, 1.82) is 0 Å². The Kier molecular flexibility index (Phi) is 8.29. The van der Waals surface area contributed by atoms with Crippen LogP contribution in [0.25, 0.3) is 0 Å². The van der Waals surface area contributed by atoms with Gasteiger partial charge in [-0.3, -0.25) is 4.90 Å². The van der Waals surface area contributed by atoms with Crippen LogP contribution in [0.5, 0.6) is 0 Å². The topological polar surface area (TPSA) is 19.0 Å². The Labute approximate surface area is 127 Å². The minimum absolute atomic E-state index is 0.879. The van der Waals surface area contributed by atoms with Crippen LogP contribution in [0, 0.1) is 0 Å². The third kappa shape index (κ3) is 7.74. The zero-order chi connectivity index (χ0) is 15.0. The molecule has 1 fully saturated rings. The van der Waals surface area contributed by atoms with Crippen LogP contribution in [-0.2, 0) is 4.43 Å². The molecule has 0 atom stereocenters. The smallest absolute Gasteiger partial charge is 0.186 e. The van der Waals surface area contributed by atoms with E-state index in [1.807, 2.05) is 0 Å². The quantitative estimate of drug-likeness (QED) is 0.605. The van der Waals surface area contributed by atoms with Crippen molar-refractivity contribution in [2.24, 2.45) is 0 Å². The highest BCUT2D eigenvalue weighted by Gasteiger charge is 2.22. The molecule has 20 heavy (non-hydrogen) atoms. The third-order valence-corrected chi connectivity index (χ3v) is 6.74. The molecule has 0 aromatic heterocycles. The van der Waals surface area contributed by atoms with E-state index in [1.54, 1.807) is 0 Å². The summed E-state index contributed by atoms with van der Waals surface area (Å²) in [5, 5.41) is 0. The predicted molar refractivity (Wildman–Crippen MR) is 90.0 cm³/mol. The van der Waals surface area contributed by atoms with Gasteiger partial charge < -0.3 is 14.2 Å². The zero-order valence-corrected chi connectivity index (χ0v) is 15.3. The number of hydrogen-bond donors (Lipinski definition) is 0. The fraction of sp³-hybridized carbons (Fsp3) is 1.00. The zero-order valence-electron chi connectivity index (χ0n) is 14.3. The lowest BCUT2D eigenvalue weighted by atomic mass is 10.3. The lowest BCUT2D eigenvalue weighted by molar-refractivity contribution is 0.125. The number of rotatable bonds is 9. The average Bonchev–Trinajstić information content (AvgIpc) is 2.37. The maximum atomic E-state index is 5.90. The summed E-state index contributed by atoms with van der Waals surface area (Å²) in [6, 6.07) is 1.29. The largest absolute Gasteiger partial charge is 0.418 e. The average molecular weight is 302 g/mol. The van der Waals surface area contributed by atoms with Gasteiger partial charge in [-0.2, -0.15) is 0 Å². The van der Waals surface area contributed by atoms with Crippen LogP contribution in [0.4, 0.5) is 0 Å². The molecule has 0 aromatic carbocycles. The Bertz CT molecular complexity index is 254. The molecule has 1 aliphatic heterocycles. The van der Waals surface area contributed by atoms with Gasteiger partial charge in [-0.1, -0.05) is 0 Å². The molecule has 1 heterocycles. The Hall–Kier alpha value is 0.0569. The number of hydrogen-bond acceptors (Lipinski definition) is 4. The van der Waals surface area contributed by atoms with Crippen molar-refractivity contribution in [1.82, 2.24) is 14.7 Å². The van der Waals surface area contributed by atoms with Gasteiger partial charge in [0.05, 0.1) is 0 Å². The van der Waals surface area contributed by atoms with Gasteiger partial charge in [0.15, 0.2) is 8.32 Å². The van der Waals surface area contributed by atoms with Crippen LogP contribution in [0.1, 0.15) is 13.3 Å². The van der Waals surface area contributed by atoms with E-state index >= 15 is 0 Å². The SMILES string of the molecule is CCO[Si](C)(C)CCCN1CCN(CCN(C)C)CC1. The van der Waals surface area contributed by atoms with Crippen LogP contribution in [0.3, 0.4) is 0 Å². The van der Waals surface area contributed by atoms with Crippen LogP contribution in [-0.4, -0.2) is 89.5 Å². The number of piperazine rings is 1. The summed E-state index contributed by atoms with van der Waals surface area (Å²) in [5.74, 6) is 0. The van der Waals surface area contributed by atoms with Gasteiger partial charge >= 0.3 is 0 Å². The molecular weight excluding hydrogens is 266 g/mol. The molecule has 0 radical (unpaired) electrons. The standard InChI is InChI=1S/C15H35N3OSi/c1-6-19-20(4,5)15-7-8-17-11-13-18(14-12-17)10-9-16(2)3/h6-15H2,1-5H3. The summed E-state index contributed by atoms with van der Waals surface area (Å²) in [4.78, 5) is 7.49. The van der Waals surface area contributed by atoms with Gasteiger partial charge in [0.25, 0.3) is 0 Å². The summed E-state index contributed by atoms with van der Waals surface area (Å²) >= 11 is 0. The van der Waals surface area contributed by atoms with E-state index in [4.69, 9.17) is 4.43 Å². The second kappa shape index (κ2) is 9.15. The summed E-state index contributed by atoms with van der Waals surface area (Å²) in [5.41, 5.74) is 0.